The zero-order valence-electron chi connectivity index (χ0n) is 12.0. The van der Waals surface area contributed by atoms with Gasteiger partial charge in [-0.15, -0.1) is 0 Å². The van der Waals surface area contributed by atoms with Crippen molar-refractivity contribution in [1.29, 1.82) is 0 Å². The summed E-state index contributed by atoms with van der Waals surface area (Å²) in [5, 5.41) is 3.13. The minimum absolute atomic E-state index is 0.0692. The lowest BCUT2D eigenvalue weighted by molar-refractivity contribution is -0.137. The smallest absolute Gasteiger partial charge is 0.312 e. The summed E-state index contributed by atoms with van der Waals surface area (Å²) < 4.78 is 38.5. The van der Waals surface area contributed by atoms with E-state index in [9.17, 15) is 13.2 Å². The Morgan fingerprint density at radius 3 is 2.10 bits per heavy atom. The summed E-state index contributed by atoms with van der Waals surface area (Å²) in [6.07, 6.45) is -4.32. The number of hydrogen-bond donors (Lipinski definition) is 1. The summed E-state index contributed by atoms with van der Waals surface area (Å²) >= 11 is 0. The molecule has 0 heterocycles. The second-order valence-corrected chi connectivity index (χ2v) is 5.09. The number of nitrogens with one attached hydrogen (secondary N) is 1. The van der Waals surface area contributed by atoms with Crippen LogP contribution in [0.5, 0.6) is 0 Å². The monoisotopic (exact) mass is 293 g/mol. The van der Waals surface area contributed by atoms with Crippen molar-refractivity contribution in [1.82, 2.24) is 5.32 Å². The number of halogens is 3. The molecule has 2 aromatic carbocycles. The van der Waals surface area contributed by atoms with Gasteiger partial charge in [0.25, 0.3) is 0 Å². The lowest BCUT2D eigenvalue weighted by atomic mass is 9.88. The van der Waals surface area contributed by atoms with Crippen molar-refractivity contribution < 1.29 is 13.2 Å². The normalized spacial score (nSPS) is 14.7. The van der Waals surface area contributed by atoms with Gasteiger partial charge < -0.3 is 5.32 Å². The summed E-state index contributed by atoms with van der Waals surface area (Å²) in [4.78, 5) is 0. The summed E-state index contributed by atoms with van der Waals surface area (Å²) in [7, 11) is 1.77. The van der Waals surface area contributed by atoms with Gasteiger partial charge in [0.1, 0.15) is 0 Å². The van der Waals surface area contributed by atoms with Crippen LogP contribution < -0.4 is 5.32 Å². The fourth-order valence-electron chi connectivity index (χ4n) is 2.56. The quantitative estimate of drug-likeness (QED) is 0.856. The topological polar surface area (TPSA) is 12.0 Å². The highest BCUT2D eigenvalue weighted by Gasteiger charge is 2.31. The van der Waals surface area contributed by atoms with Crippen molar-refractivity contribution in [2.75, 3.05) is 7.05 Å². The van der Waals surface area contributed by atoms with Crippen molar-refractivity contribution in [2.45, 2.75) is 25.1 Å². The first kappa shape index (κ1) is 15.6. The molecular weight excluding hydrogens is 275 g/mol. The molecule has 21 heavy (non-hydrogen) atoms. The highest BCUT2D eigenvalue weighted by Crippen LogP contribution is 2.34. The number of hydrogen-bond acceptors (Lipinski definition) is 1. The first-order chi connectivity index (χ1) is 9.93. The van der Waals surface area contributed by atoms with E-state index in [1.807, 2.05) is 37.3 Å². The Morgan fingerprint density at radius 2 is 1.52 bits per heavy atom. The van der Waals surface area contributed by atoms with Gasteiger partial charge in [0, 0.05) is 12.0 Å². The zero-order chi connectivity index (χ0) is 15.5. The minimum Gasteiger partial charge on any atom is -0.312 e. The van der Waals surface area contributed by atoms with Crippen molar-refractivity contribution in [3.63, 3.8) is 0 Å². The molecule has 0 saturated heterocycles. The van der Waals surface area contributed by atoms with Crippen molar-refractivity contribution in [2.24, 2.45) is 0 Å². The highest BCUT2D eigenvalue weighted by atomic mass is 19.4. The number of benzene rings is 2. The molecule has 0 saturated carbocycles. The largest absolute Gasteiger partial charge is 0.416 e. The average Bonchev–Trinajstić information content (AvgIpc) is 2.48. The molecule has 0 aliphatic heterocycles. The Kier molecular flexibility index (Phi) is 4.68. The van der Waals surface area contributed by atoms with E-state index in [2.05, 4.69) is 5.32 Å². The molecule has 1 nitrogen and oxygen atoms in total. The van der Waals surface area contributed by atoms with Crippen molar-refractivity contribution in [3.05, 3.63) is 71.3 Å². The summed E-state index contributed by atoms with van der Waals surface area (Å²) in [6.45, 7) is 2.01. The van der Waals surface area contributed by atoms with E-state index in [1.165, 1.54) is 12.1 Å². The van der Waals surface area contributed by atoms with Crippen LogP contribution in [0.15, 0.2) is 54.6 Å². The molecule has 1 N–H and O–H groups in total. The van der Waals surface area contributed by atoms with Gasteiger partial charge >= 0.3 is 6.18 Å². The molecule has 0 aliphatic rings. The molecule has 2 unspecified atom stereocenters. The maximum absolute atomic E-state index is 12.8. The lowest BCUT2D eigenvalue weighted by Crippen LogP contribution is -2.22. The first-order valence-corrected chi connectivity index (χ1v) is 6.83. The Morgan fingerprint density at radius 1 is 0.905 bits per heavy atom. The van der Waals surface area contributed by atoms with E-state index in [4.69, 9.17) is 0 Å². The van der Waals surface area contributed by atoms with Crippen LogP contribution in [0.2, 0.25) is 0 Å². The number of alkyl halides is 3. The van der Waals surface area contributed by atoms with E-state index in [0.717, 1.165) is 11.6 Å². The van der Waals surface area contributed by atoms with Gasteiger partial charge in [-0.2, -0.15) is 13.2 Å². The predicted octanol–water partition coefficient (Wildman–Crippen LogP) is 4.77. The molecule has 0 bridgehead atoms. The van der Waals surface area contributed by atoms with Crippen molar-refractivity contribution in [3.8, 4) is 0 Å². The molecule has 2 rings (SSSR count). The van der Waals surface area contributed by atoms with Crippen LogP contribution >= 0.6 is 0 Å². The van der Waals surface area contributed by atoms with E-state index in [-0.39, 0.29) is 12.0 Å². The van der Waals surface area contributed by atoms with Crippen LogP contribution in [0.25, 0.3) is 0 Å². The van der Waals surface area contributed by atoms with Crippen LogP contribution in [0.4, 0.5) is 13.2 Å². The Labute approximate surface area is 122 Å². The molecule has 2 atom stereocenters. The molecule has 0 fully saturated rings. The third-order valence-electron chi connectivity index (χ3n) is 3.71. The highest BCUT2D eigenvalue weighted by molar-refractivity contribution is 5.31. The standard InChI is InChI=1S/C17H18F3N/c1-12(13-7-4-3-5-8-13)16(21-2)14-9-6-10-15(11-14)17(18,19)20/h3-12,16,21H,1-2H3. The molecule has 0 radical (unpaired) electrons. The summed E-state index contributed by atoms with van der Waals surface area (Å²) in [5.74, 6) is 0.0692. The molecule has 0 aliphatic carbocycles. The first-order valence-electron chi connectivity index (χ1n) is 6.83. The fourth-order valence-corrected chi connectivity index (χ4v) is 2.56. The van der Waals surface area contributed by atoms with Crippen LogP contribution in [-0.2, 0) is 6.18 Å². The third kappa shape index (κ3) is 3.64. The van der Waals surface area contributed by atoms with Crippen LogP contribution in [0, 0.1) is 0 Å². The average molecular weight is 293 g/mol. The maximum Gasteiger partial charge on any atom is 0.416 e. The zero-order valence-corrected chi connectivity index (χ0v) is 12.0. The Hall–Kier alpha value is -1.81. The summed E-state index contributed by atoms with van der Waals surface area (Å²) in [6, 6.07) is 15.1. The predicted molar refractivity (Wildman–Crippen MR) is 78.1 cm³/mol. The second-order valence-electron chi connectivity index (χ2n) is 5.09. The minimum atomic E-state index is -4.32. The number of likely N-dealkylation sites (N-methyl/N-ethyl adjacent to an activating group) is 1. The van der Waals surface area contributed by atoms with Gasteiger partial charge in [0.15, 0.2) is 0 Å². The van der Waals surface area contributed by atoms with Gasteiger partial charge in [0.2, 0.25) is 0 Å². The molecule has 0 aromatic heterocycles. The molecular formula is C17H18F3N. The van der Waals surface area contributed by atoms with Gasteiger partial charge in [-0.1, -0.05) is 49.4 Å². The van der Waals surface area contributed by atoms with Crippen molar-refractivity contribution >= 4 is 0 Å². The molecule has 0 spiro atoms. The lowest BCUT2D eigenvalue weighted by Gasteiger charge is -2.25. The molecule has 112 valence electrons. The third-order valence-corrected chi connectivity index (χ3v) is 3.71. The van der Waals surface area contributed by atoms with E-state index < -0.39 is 11.7 Å². The van der Waals surface area contributed by atoms with Gasteiger partial charge in [-0.3, -0.25) is 0 Å². The van der Waals surface area contributed by atoms with Crippen LogP contribution in [-0.4, -0.2) is 7.05 Å². The van der Waals surface area contributed by atoms with Gasteiger partial charge in [0.05, 0.1) is 5.56 Å². The van der Waals surface area contributed by atoms with Crippen LogP contribution in [0.3, 0.4) is 0 Å². The van der Waals surface area contributed by atoms with E-state index in [1.54, 1.807) is 13.1 Å². The Balaban J connectivity index is 2.34. The van der Waals surface area contributed by atoms with Crippen LogP contribution in [0.1, 0.15) is 35.6 Å². The molecule has 4 heteroatoms. The second kappa shape index (κ2) is 6.31. The molecule has 0 amide bonds. The van der Waals surface area contributed by atoms with Gasteiger partial charge in [-0.05, 0) is 30.3 Å². The van der Waals surface area contributed by atoms with Gasteiger partial charge in [-0.25, -0.2) is 0 Å². The molecule has 2 aromatic rings. The SMILES string of the molecule is CNC(c1cccc(C(F)(F)F)c1)C(C)c1ccccc1. The maximum atomic E-state index is 12.8. The summed E-state index contributed by atoms with van der Waals surface area (Å²) in [5.41, 5.74) is 1.12. The van der Waals surface area contributed by atoms with E-state index in [0.29, 0.717) is 5.56 Å². The number of rotatable bonds is 4. The Bertz CT molecular complexity index is 578. The van der Waals surface area contributed by atoms with E-state index >= 15 is 0 Å². The fraction of sp³-hybridized carbons (Fsp3) is 0.294.